The van der Waals surface area contributed by atoms with Gasteiger partial charge in [0.25, 0.3) is 0 Å². The van der Waals surface area contributed by atoms with Gasteiger partial charge in [-0.2, -0.15) is 0 Å². The molecule has 0 unspecified atom stereocenters. The zero-order valence-corrected chi connectivity index (χ0v) is 17.5. The van der Waals surface area contributed by atoms with Gasteiger partial charge in [-0.3, -0.25) is 19.3 Å². The van der Waals surface area contributed by atoms with Crippen LogP contribution in [0, 0.1) is 23.3 Å². The number of likely N-dealkylation sites (tertiary alicyclic amines) is 2. The Labute approximate surface area is 168 Å². The van der Waals surface area contributed by atoms with E-state index in [1.54, 1.807) is 0 Å². The zero-order chi connectivity index (χ0) is 20.5. The van der Waals surface area contributed by atoms with Gasteiger partial charge in [0.05, 0.1) is 13.0 Å². The van der Waals surface area contributed by atoms with Gasteiger partial charge in [0.1, 0.15) is 6.17 Å². The summed E-state index contributed by atoms with van der Waals surface area (Å²) in [7, 11) is 0. The van der Waals surface area contributed by atoms with Crippen LogP contribution >= 0.6 is 0 Å². The number of hydrogen-bond acceptors (Lipinski definition) is 2. The summed E-state index contributed by atoms with van der Waals surface area (Å²) >= 11 is 0. The molecule has 0 spiro atoms. The highest BCUT2D eigenvalue weighted by molar-refractivity contribution is 5.80. The quantitative estimate of drug-likeness (QED) is 0.679. The number of alkyl halides is 1. The Morgan fingerprint density at radius 1 is 1.18 bits per heavy atom. The standard InChI is InChI=1S/C22H34FN3O2/c1-21(2)17(20(28)25-12-6-5-7-13-25)8-10-22(21,3)11-9-19(27)26-15-16(23)14-18(26)24-4/h16-18H,5-15H2,1-3H3/t16-,17+,18-,22-/m0/s1. The fraction of sp³-hybridized carbons (Fsp3) is 0.864. The van der Waals surface area contributed by atoms with Gasteiger partial charge in [-0.25, -0.2) is 11.0 Å². The second-order valence-electron chi connectivity index (χ2n) is 9.75. The van der Waals surface area contributed by atoms with Crippen molar-refractivity contribution >= 4 is 11.8 Å². The molecule has 3 aliphatic rings. The van der Waals surface area contributed by atoms with Crippen molar-refractivity contribution in [3.05, 3.63) is 11.4 Å². The summed E-state index contributed by atoms with van der Waals surface area (Å²) in [6.07, 6.45) is 4.59. The predicted octanol–water partition coefficient (Wildman–Crippen LogP) is 4.04. The third-order valence-electron chi connectivity index (χ3n) is 7.96. The van der Waals surface area contributed by atoms with Crippen LogP contribution in [0.25, 0.3) is 4.85 Å². The molecule has 3 fully saturated rings. The van der Waals surface area contributed by atoms with Crippen molar-refractivity contribution in [1.82, 2.24) is 9.80 Å². The molecule has 0 aromatic carbocycles. The first kappa shape index (κ1) is 21.1. The van der Waals surface area contributed by atoms with Crippen molar-refractivity contribution < 1.29 is 14.0 Å². The Morgan fingerprint density at radius 3 is 2.50 bits per heavy atom. The first-order valence-corrected chi connectivity index (χ1v) is 10.8. The summed E-state index contributed by atoms with van der Waals surface area (Å²) in [6, 6.07) is 0. The van der Waals surface area contributed by atoms with E-state index in [0.717, 1.165) is 38.8 Å². The lowest BCUT2D eigenvalue weighted by atomic mass is 9.63. The van der Waals surface area contributed by atoms with Crippen LogP contribution in [-0.2, 0) is 9.59 Å². The third-order valence-corrected chi connectivity index (χ3v) is 7.96. The molecule has 2 aliphatic heterocycles. The maximum absolute atomic E-state index is 13.6. The summed E-state index contributed by atoms with van der Waals surface area (Å²) in [5, 5.41) is 0. The first-order valence-electron chi connectivity index (χ1n) is 10.8. The second kappa shape index (κ2) is 8.00. The highest BCUT2D eigenvalue weighted by Gasteiger charge is 2.54. The molecular formula is C22H34FN3O2. The molecule has 2 amide bonds. The van der Waals surface area contributed by atoms with Crippen LogP contribution < -0.4 is 0 Å². The van der Waals surface area contributed by atoms with E-state index in [-0.39, 0.29) is 41.5 Å². The Morgan fingerprint density at radius 2 is 1.86 bits per heavy atom. The molecule has 2 saturated heterocycles. The average molecular weight is 392 g/mol. The van der Waals surface area contributed by atoms with Crippen molar-refractivity contribution in [1.29, 1.82) is 0 Å². The average Bonchev–Trinajstić information content (AvgIpc) is 3.17. The summed E-state index contributed by atoms with van der Waals surface area (Å²) in [5.74, 6) is 0.167. The van der Waals surface area contributed by atoms with Gasteiger partial charge in [0.15, 0.2) is 0 Å². The molecule has 5 nitrogen and oxygen atoms in total. The van der Waals surface area contributed by atoms with E-state index in [9.17, 15) is 14.0 Å². The number of rotatable bonds is 4. The minimum Gasteiger partial charge on any atom is -0.342 e. The van der Waals surface area contributed by atoms with Crippen LogP contribution in [0.4, 0.5) is 4.39 Å². The number of hydrogen-bond donors (Lipinski definition) is 0. The van der Waals surface area contributed by atoms with E-state index in [4.69, 9.17) is 6.57 Å². The number of carbonyl (C=O) groups is 2. The minimum absolute atomic E-state index is 0.00343. The van der Waals surface area contributed by atoms with Crippen LogP contribution in [0.5, 0.6) is 0 Å². The molecule has 28 heavy (non-hydrogen) atoms. The summed E-state index contributed by atoms with van der Waals surface area (Å²) < 4.78 is 13.6. The molecule has 2 heterocycles. The highest BCUT2D eigenvalue weighted by atomic mass is 19.1. The van der Waals surface area contributed by atoms with E-state index in [2.05, 4.69) is 25.6 Å². The topological polar surface area (TPSA) is 45.0 Å². The lowest BCUT2D eigenvalue weighted by molar-refractivity contribution is -0.141. The molecule has 0 radical (unpaired) electrons. The molecule has 3 rings (SSSR count). The van der Waals surface area contributed by atoms with Crippen LogP contribution in [-0.4, -0.2) is 53.6 Å². The maximum Gasteiger partial charge on any atom is 0.303 e. The molecule has 0 aromatic rings. The Balaban J connectivity index is 1.63. The second-order valence-corrected chi connectivity index (χ2v) is 9.75. The van der Waals surface area contributed by atoms with E-state index in [1.807, 2.05) is 4.90 Å². The molecule has 0 N–H and O–H groups in total. The zero-order valence-electron chi connectivity index (χ0n) is 17.5. The summed E-state index contributed by atoms with van der Waals surface area (Å²) in [5.41, 5.74) is -0.296. The molecule has 1 saturated carbocycles. The van der Waals surface area contributed by atoms with E-state index in [1.165, 1.54) is 11.3 Å². The van der Waals surface area contributed by atoms with Crippen molar-refractivity contribution in [2.75, 3.05) is 19.6 Å². The Bertz CT molecular complexity index is 653. The lowest BCUT2D eigenvalue weighted by Crippen LogP contribution is -2.46. The van der Waals surface area contributed by atoms with Crippen LogP contribution in [0.2, 0.25) is 0 Å². The highest BCUT2D eigenvalue weighted by Crippen LogP contribution is 2.58. The Hall–Kier alpha value is -1.64. The van der Waals surface area contributed by atoms with Crippen molar-refractivity contribution in [3.63, 3.8) is 0 Å². The SMILES string of the molecule is [C-]#[N+][C@@H]1C[C@H](F)CN1C(=O)CC[C@]1(C)CC[C@H](C(=O)N2CCCCC2)C1(C)C. The van der Waals surface area contributed by atoms with Crippen LogP contribution in [0.15, 0.2) is 0 Å². The molecule has 156 valence electrons. The third kappa shape index (κ3) is 3.77. The fourth-order valence-electron chi connectivity index (χ4n) is 5.46. The van der Waals surface area contributed by atoms with Gasteiger partial charge >= 0.3 is 6.17 Å². The van der Waals surface area contributed by atoms with Gasteiger partial charge < -0.3 is 4.90 Å². The van der Waals surface area contributed by atoms with Gasteiger partial charge in [0, 0.05) is 25.4 Å². The number of nitrogens with zero attached hydrogens (tertiary/aromatic N) is 3. The van der Waals surface area contributed by atoms with Gasteiger partial charge in [0.2, 0.25) is 11.8 Å². The van der Waals surface area contributed by atoms with Gasteiger partial charge in [-0.1, -0.05) is 20.8 Å². The number of halogens is 1. The molecular weight excluding hydrogens is 357 g/mol. The summed E-state index contributed by atoms with van der Waals surface area (Å²) in [4.78, 5) is 32.7. The van der Waals surface area contributed by atoms with Crippen LogP contribution in [0.3, 0.4) is 0 Å². The smallest absolute Gasteiger partial charge is 0.303 e. The lowest BCUT2D eigenvalue weighted by Gasteiger charge is -2.43. The normalized spacial score (nSPS) is 35.0. The first-order chi connectivity index (χ1) is 13.2. The molecule has 4 atom stereocenters. The number of carbonyl (C=O) groups excluding carboxylic acids is 2. The van der Waals surface area contributed by atoms with Crippen LogP contribution in [0.1, 0.15) is 72.1 Å². The summed E-state index contributed by atoms with van der Waals surface area (Å²) in [6.45, 7) is 15.5. The minimum atomic E-state index is -1.09. The van der Waals surface area contributed by atoms with Crippen molar-refractivity contribution in [3.8, 4) is 0 Å². The van der Waals surface area contributed by atoms with E-state index in [0.29, 0.717) is 12.8 Å². The fourth-order valence-corrected chi connectivity index (χ4v) is 5.46. The number of piperidine rings is 1. The molecule has 6 heteroatoms. The van der Waals surface area contributed by atoms with E-state index < -0.39 is 12.3 Å². The Kier molecular flexibility index (Phi) is 6.03. The van der Waals surface area contributed by atoms with Crippen molar-refractivity contribution in [2.24, 2.45) is 16.7 Å². The molecule has 0 bridgehead atoms. The van der Waals surface area contributed by atoms with Gasteiger partial charge in [-0.05, 0) is 49.4 Å². The number of amides is 2. The molecule has 1 aliphatic carbocycles. The van der Waals surface area contributed by atoms with Crippen molar-refractivity contribution in [2.45, 2.75) is 84.5 Å². The van der Waals surface area contributed by atoms with Gasteiger partial charge in [-0.15, -0.1) is 0 Å². The monoisotopic (exact) mass is 391 g/mol. The molecule has 0 aromatic heterocycles. The largest absolute Gasteiger partial charge is 0.342 e. The maximum atomic E-state index is 13.6. The van der Waals surface area contributed by atoms with E-state index >= 15 is 0 Å². The predicted molar refractivity (Wildman–Crippen MR) is 106 cm³/mol.